The van der Waals surface area contributed by atoms with Gasteiger partial charge in [-0.2, -0.15) is 0 Å². The maximum atomic E-state index is 13.7. The number of aliphatic imine (C=N–C) groups is 1. The fourth-order valence-corrected chi connectivity index (χ4v) is 5.70. The minimum atomic E-state index is -0.406. The highest BCUT2D eigenvalue weighted by Gasteiger charge is 2.58. The number of nitrogens with two attached hydrogens (primary N) is 2. The summed E-state index contributed by atoms with van der Waals surface area (Å²) in [6.45, 7) is 0.259. The second-order valence-electron chi connectivity index (χ2n) is 8.55. The largest absolute Gasteiger partial charge is 0.511 e. The van der Waals surface area contributed by atoms with E-state index in [0.717, 1.165) is 23.3 Å². The lowest BCUT2D eigenvalue weighted by Gasteiger charge is -2.41. The quantitative estimate of drug-likeness (QED) is 0.268. The third-order valence-corrected chi connectivity index (χ3v) is 7.37. The minimum Gasteiger partial charge on any atom is -0.511 e. The molecule has 3 aliphatic rings. The molecule has 5 rings (SSSR count). The van der Waals surface area contributed by atoms with Crippen LogP contribution >= 0.6 is 11.8 Å². The van der Waals surface area contributed by atoms with Gasteiger partial charge in [0.05, 0.1) is 29.9 Å². The highest BCUT2D eigenvalue weighted by Crippen LogP contribution is 2.48. The monoisotopic (exact) mass is 468 g/mol. The maximum absolute atomic E-state index is 13.7. The molecule has 3 aliphatic heterocycles. The highest BCUT2D eigenvalue weighted by atomic mass is 32.2. The molecular formula is C24H25FN4O3S. The summed E-state index contributed by atoms with van der Waals surface area (Å²) >= 11 is 1.46. The minimum absolute atomic E-state index is 0.00149. The lowest BCUT2D eigenvalue weighted by molar-refractivity contribution is -0.133. The number of thioether (sulfide) groups is 1. The lowest BCUT2D eigenvalue weighted by Crippen LogP contribution is -2.55. The van der Waals surface area contributed by atoms with Crippen LogP contribution in [0.1, 0.15) is 18.4 Å². The molecule has 9 heteroatoms. The van der Waals surface area contributed by atoms with Crippen molar-refractivity contribution < 1.29 is 19.0 Å². The molecule has 3 heterocycles. The normalized spacial score (nSPS) is 26.8. The molecule has 4 atom stereocenters. The molecule has 172 valence electrons. The predicted octanol–water partition coefficient (Wildman–Crippen LogP) is 3.52. The molecule has 1 amide bonds. The summed E-state index contributed by atoms with van der Waals surface area (Å²) in [7, 11) is 0. The van der Waals surface area contributed by atoms with Crippen LogP contribution < -0.4 is 11.5 Å². The molecule has 5 N–H and O–H groups in total. The van der Waals surface area contributed by atoms with Gasteiger partial charge in [-0.05, 0) is 55.0 Å². The zero-order valence-corrected chi connectivity index (χ0v) is 18.9. The summed E-state index contributed by atoms with van der Waals surface area (Å²) < 4.78 is 19.5. The zero-order chi connectivity index (χ0) is 23.3. The fourth-order valence-electron chi connectivity index (χ4n) is 5.12. The molecule has 2 fully saturated rings. The van der Waals surface area contributed by atoms with E-state index in [-0.39, 0.29) is 53.7 Å². The Morgan fingerprint density at radius 2 is 1.97 bits per heavy atom. The van der Waals surface area contributed by atoms with Crippen molar-refractivity contribution >= 4 is 34.9 Å². The van der Waals surface area contributed by atoms with Gasteiger partial charge in [0.25, 0.3) is 5.91 Å². The van der Waals surface area contributed by atoms with E-state index in [1.807, 2.05) is 6.26 Å². The summed E-state index contributed by atoms with van der Waals surface area (Å²) in [5, 5.41) is 11.2. The van der Waals surface area contributed by atoms with Crippen molar-refractivity contribution in [2.45, 2.75) is 42.5 Å². The average Bonchev–Trinajstić information content (AvgIpc) is 3.41. The van der Waals surface area contributed by atoms with Crippen molar-refractivity contribution in [1.82, 2.24) is 4.90 Å². The SMILES string of the molecule is CSc1cc(N)ccc1N=C(N)C1=C(O)[C@H]2[C@H]([C@@H]3CC[C@H]2O3)N(Cc2ccc(F)cc2)C1=O. The van der Waals surface area contributed by atoms with E-state index in [0.29, 0.717) is 11.4 Å². The van der Waals surface area contributed by atoms with E-state index >= 15 is 0 Å². The molecule has 0 aromatic heterocycles. The number of halogens is 1. The molecule has 0 radical (unpaired) electrons. The van der Waals surface area contributed by atoms with Crippen LogP contribution in [0.15, 0.2) is 63.7 Å². The van der Waals surface area contributed by atoms with Gasteiger partial charge in [-0.15, -0.1) is 11.8 Å². The average molecular weight is 469 g/mol. The van der Waals surface area contributed by atoms with Gasteiger partial charge in [-0.25, -0.2) is 9.38 Å². The molecule has 2 aromatic carbocycles. The Hall–Kier alpha value is -3.04. The first-order chi connectivity index (χ1) is 15.9. The number of ether oxygens (including phenoxy) is 1. The zero-order valence-electron chi connectivity index (χ0n) is 18.1. The van der Waals surface area contributed by atoms with Crippen LogP contribution in [0.3, 0.4) is 0 Å². The van der Waals surface area contributed by atoms with Gasteiger partial charge in [-0.1, -0.05) is 12.1 Å². The number of aliphatic hydroxyl groups is 1. The van der Waals surface area contributed by atoms with Crippen molar-refractivity contribution in [3.05, 3.63) is 65.2 Å². The van der Waals surface area contributed by atoms with Crippen LogP contribution in [0.5, 0.6) is 0 Å². The number of nitrogens with zero attached hydrogens (tertiary/aromatic N) is 2. The fraction of sp³-hybridized carbons (Fsp3) is 0.333. The summed E-state index contributed by atoms with van der Waals surface area (Å²) in [5.74, 6) is -1.22. The van der Waals surface area contributed by atoms with Gasteiger partial charge in [-0.3, -0.25) is 4.79 Å². The summed E-state index contributed by atoms with van der Waals surface area (Å²) in [6.07, 6.45) is 3.21. The predicted molar refractivity (Wildman–Crippen MR) is 126 cm³/mol. The second kappa shape index (κ2) is 8.39. The maximum Gasteiger partial charge on any atom is 0.261 e. The molecule has 0 spiro atoms. The molecule has 2 saturated heterocycles. The molecule has 0 saturated carbocycles. The van der Waals surface area contributed by atoms with Crippen molar-refractivity contribution in [3.63, 3.8) is 0 Å². The third kappa shape index (κ3) is 3.75. The number of fused-ring (bicyclic) bond motifs is 5. The molecule has 0 unspecified atom stereocenters. The number of hydrogen-bond donors (Lipinski definition) is 3. The summed E-state index contributed by atoms with van der Waals surface area (Å²) in [4.78, 5) is 20.6. The number of carbonyl (C=O) groups excluding carboxylic acids is 1. The molecule has 2 bridgehead atoms. The number of anilines is 1. The van der Waals surface area contributed by atoms with Gasteiger partial charge in [0, 0.05) is 17.1 Å². The van der Waals surface area contributed by atoms with Crippen LogP contribution in [0.2, 0.25) is 0 Å². The number of amidine groups is 1. The molecular weight excluding hydrogens is 443 g/mol. The van der Waals surface area contributed by atoms with E-state index in [9.17, 15) is 14.3 Å². The number of amides is 1. The van der Waals surface area contributed by atoms with Gasteiger partial charge in [0.2, 0.25) is 0 Å². The number of benzene rings is 2. The Kier molecular flexibility index (Phi) is 5.54. The van der Waals surface area contributed by atoms with E-state index in [1.165, 1.54) is 23.9 Å². The first-order valence-corrected chi connectivity index (χ1v) is 12.0. The topological polar surface area (TPSA) is 114 Å². The van der Waals surface area contributed by atoms with Crippen molar-refractivity contribution in [1.29, 1.82) is 0 Å². The van der Waals surface area contributed by atoms with Crippen LogP contribution in [-0.4, -0.2) is 46.3 Å². The van der Waals surface area contributed by atoms with E-state index < -0.39 is 5.91 Å². The summed E-state index contributed by atoms with van der Waals surface area (Å²) in [6, 6.07) is 11.0. The van der Waals surface area contributed by atoms with Gasteiger partial charge >= 0.3 is 0 Å². The third-order valence-electron chi connectivity index (χ3n) is 6.61. The Labute approximate surface area is 195 Å². The molecule has 33 heavy (non-hydrogen) atoms. The number of hydrogen-bond acceptors (Lipinski definition) is 6. The number of nitrogen functional groups attached to an aromatic ring is 1. The van der Waals surface area contributed by atoms with Gasteiger partial charge < -0.3 is 26.2 Å². The highest BCUT2D eigenvalue weighted by molar-refractivity contribution is 7.98. The Bertz CT molecular complexity index is 1170. The number of aliphatic hydroxyl groups excluding tert-OH is 1. The van der Waals surface area contributed by atoms with Crippen LogP contribution in [-0.2, 0) is 16.1 Å². The summed E-state index contributed by atoms with van der Waals surface area (Å²) in [5.41, 5.74) is 14.2. The Balaban J connectivity index is 1.56. The number of rotatable bonds is 5. The first kappa shape index (κ1) is 21.8. The van der Waals surface area contributed by atoms with Crippen LogP contribution in [0.25, 0.3) is 0 Å². The molecule has 7 nitrogen and oxygen atoms in total. The number of carbonyl (C=O) groups is 1. The van der Waals surface area contributed by atoms with Crippen LogP contribution in [0, 0.1) is 11.7 Å². The second-order valence-corrected chi connectivity index (χ2v) is 9.40. The Morgan fingerprint density at radius 1 is 1.24 bits per heavy atom. The standard InChI is InChI=1S/C24H25FN4O3S/c1-33-18-10-14(26)6-7-15(18)28-23(27)20-22(30)19-16-8-9-17(32-16)21(19)29(24(20)31)11-12-2-4-13(25)5-3-12/h2-7,10,16-17,19,21,30H,8-9,11,26H2,1H3,(H2,27,28)/t16-,17+,19-,21+/m1/s1. The van der Waals surface area contributed by atoms with Crippen LogP contribution in [0.4, 0.5) is 15.8 Å². The first-order valence-electron chi connectivity index (χ1n) is 10.8. The van der Waals surface area contributed by atoms with Crippen molar-refractivity contribution in [2.24, 2.45) is 16.6 Å². The van der Waals surface area contributed by atoms with Crippen molar-refractivity contribution in [2.75, 3.05) is 12.0 Å². The molecule has 2 aromatic rings. The van der Waals surface area contributed by atoms with Crippen molar-refractivity contribution in [3.8, 4) is 0 Å². The van der Waals surface area contributed by atoms with Gasteiger partial charge in [0.1, 0.15) is 23.0 Å². The van der Waals surface area contributed by atoms with E-state index in [4.69, 9.17) is 16.2 Å². The van der Waals surface area contributed by atoms with Gasteiger partial charge in [0.15, 0.2) is 0 Å². The molecule has 0 aliphatic carbocycles. The smallest absolute Gasteiger partial charge is 0.261 e. The lowest BCUT2D eigenvalue weighted by atomic mass is 9.78. The van der Waals surface area contributed by atoms with E-state index in [1.54, 1.807) is 35.2 Å². The van der Waals surface area contributed by atoms with E-state index in [2.05, 4.69) is 4.99 Å². The Morgan fingerprint density at radius 3 is 2.70 bits per heavy atom.